The number of hydrogen-bond acceptors (Lipinski definition) is 4. The normalized spacial score (nSPS) is 14.2. The Morgan fingerprint density at radius 2 is 1.75 bits per heavy atom. The van der Waals surface area contributed by atoms with Crippen molar-refractivity contribution in [1.29, 1.82) is 0 Å². The van der Waals surface area contributed by atoms with Crippen molar-refractivity contribution in [2.45, 2.75) is 38.1 Å². The number of hydrogen-bond donors (Lipinski definition) is 2. The molecule has 6 nitrogen and oxygen atoms in total. The van der Waals surface area contributed by atoms with E-state index < -0.39 is 0 Å². The van der Waals surface area contributed by atoms with Crippen LogP contribution in [-0.4, -0.2) is 20.5 Å². The summed E-state index contributed by atoms with van der Waals surface area (Å²) in [6.07, 6.45) is 7.91. The fourth-order valence-electron chi connectivity index (χ4n) is 5.17. The van der Waals surface area contributed by atoms with Gasteiger partial charge < -0.3 is 10.6 Å². The molecular formula is C33H28BrN5O. The number of carbonyl (C=O) groups is 1. The highest BCUT2D eigenvalue weighted by Gasteiger charge is 2.23. The van der Waals surface area contributed by atoms with Gasteiger partial charge in [0.15, 0.2) is 5.65 Å². The third-order valence-corrected chi connectivity index (χ3v) is 7.99. The van der Waals surface area contributed by atoms with Crippen molar-refractivity contribution in [2.75, 3.05) is 10.6 Å². The zero-order valence-corrected chi connectivity index (χ0v) is 23.5. The van der Waals surface area contributed by atoms with Crippen LogP contribution in [0.2, 0.25) is 0 Å². The van der Waals surface area contributed by atoms with Gasteiger partial charge in [0.1, 0.15) is 5.82 Å². The lowest BCUT2D eigenvalue weighted by Crippen LogP contribution is -2.15. The summed E-state index contributed by atoms with van der Waals surface area (Å²) in [7, 11) is 0. The van der Waals surface area contributed by atoms with E-state index in [9.17, 15) is 4.79 Å². The molecule has 2 N–H and O–H groups in total. The average molecular weight is 591 g/mol. The Morgan fingerprint density at radius 3 is 2.58 bits per heavy atom. The number of nitrogens with one attached hydrogen (secondary N) is 2. The minimum Gasteiger partial charge on any atom is -0.366 e. The highest BCUT2D eigenvalue weighted by molar-refractivity contribution is 9.10. The van der Waals surface area contributed by atoms with E-state index in [0.717, 1.165) is 50.4 Å². The molecule has 2 aromatic heterocycles. The van der Waals surface area contributed by atoms with E-state index in [0.29, 0.717) is 18.9 Å². The molecule has 2 aliphatic rings. The number of aromatic nitrogens is 3. The second kappa shape index (κ2) is 10.4. The molecular weight excluding hydrogens is 562 g/mol. The van der Waals surface area contributed by atoms with Gasteiger partial charge in [0.2, 0.25) is 5.91 Å². The van der Waals surface area contributed by atoms with E-state index in [2.05, 4.69) is 92.3 Å². The van der Waals surface area contributed by atoms with Crippen molar-refractivity contribution in [3.05, 3.63) is 118 Å². The van der Waals surface area contributed by atoms with Crippen molar-refractivity contribution >= 4 is 44.6 Å². The maximum absolute atomic E-state index is 12.8. The quantitative estimate of drug-likeness (QED) is 0.185. The molecule has 0 aliphatic heterocycles. The smallest absolute Gasteiger partial charge is 0.228 e. The van der Waals surface area contributed by atoms with Gasteiger partial charge in [-0.3, -0.25) is 4.79 Å². The van der Waals surface area contributed by atoms with E-state index in [1.165, 1.54) is 29.5 Å². The molecule has 3 aromatic carbocycles. The van der Waals surface area contributed by atoms with Gasteiger partial charge >= 0.3 is 0 Å². The molecule has 0 radical (unpaired) electrons. The van der Waals surface area contributed by atoms with E-state index in [-0.39, 0.29) is 5.91 Å². The topological polar surface area (TPSA) is 71.3 Å². The highest BCUT2D eigenvalue weighted by atomic mass is 79.9. The van der Waals surface area contributed by atoms with Gasteiger partial charge in [0.25, 0.3) is 0 Å². The Kier molecular flexibility index (Phi) is 6.44. The molecule has 0 bridgehead atoms. The van der Waals surface area contributed by atoms with E-state index in [1.807, 2.05) is 28.8 Å². The van der Waals surface area contributed by atoms with Gasteiger partial charge in [-0.25, -0.2) is 4.98 Å². The molecule has 1 fully saturated rings. The van der Waals surface area contributed by atoms with Gasteiger partial charge in [-0.15, -0.1) is 0 Å². The predicted octanol–water partition coefficient (Wildman–Crippen LogP) is 7.62. The van der Waals surface area contributed by atoms with Crippen molar-refractivity contribution in [1.82, 2.24) is 14.6 Å². The zero-order valence-electron chi connectivity index (χ0n) is 21.9. The molecule has 2 heterocycles. The molecule has 0 spiro atoms. The predicted molar refractivity (Wildman–Crippen MR) is 163 cm³/mol. The first-order chi connectivity index (χ1) is 19.6. The molecule has 2 aliphatic carbocycles. The van der Waals surface area contributed by atoms with Gasteiger partial charge in [0.05, 0.1) is 22.8 Å². The minimum absolute atomic E-state index is 0.00984. The SMILES string of the molecule is O=C(Cc1cccc(C2CC2)c1)Nc1cccc(CNc2cc(-c3ccccc3C3=CC3)nc3c(Br)cnn23)c1. The number of rotatable bonds is 9. The van der Waals surface area contributed by atoms with Crippen molar-refractivity contribution in [3.63, 3.8) is 0 Å². The number of benzene rings is 3. The van der Waals surface area contributed by atoms with Gasteiger partial charge in [-0.2, -0.15) is 9.61 Å². The summed E-state index contributed by atoms with van der Waals surface area (Å²) in [6, 6.07) is 26.8. The van der Waals surface area contributed by atoms with Crippen LogP contribution < -0.4 is 10.6 Å². The van der Waals surface area contributed by atoms with Crippen LogP contribution in [0.5, 0.6) is 0 Å². The molecule has 40 heavy (non-hydrogen) atoms. The molecule has 0 unspecified atom stereocenters. The average Bonchev–Trinajstić information content (AvgIpc) is 3.90. The van der Waals surface area contributed by atoms with E-state index >= 15 is 0 Å². The molecule has 198 valence electrons. The van der Waals surface area contributed by atoms with E-state index in [1.54, 1.807) is 6.20 Å². The fraction of sp³-hybridized carbons (Fsp3) is 0.182. The number of carbonyl (C=O) groups excluding carboxylic acids is 1. The minimum atomic E-state index is -0.00984. The Morgan fingerprint density at radius 1 is 0.950 bits per heavy atom. The lowest BCUT2D eigenvalue weighted by Gasteiger charge is -2.13. The molecule has 0 atom stereocenters. The van der Waals surface area contributed by atoms with Crippen LogP contribution in [0.15, 0.2) is 95.6 Å². The Bertz CT molecular complexity index is 1790. The Balaban J connectivity index is 1.08. The maximum atomic E-state index is 12.8. The van der Waals surface area contributed by atoms with Crippen LogP contribution in [-0.2, 0) is 17.8 Å². The molecule has 7 rings (SSSR count). The molecule has 0 saturated heterocycles. The number of anilines is 2. The van der Waals surface area contributed by atoms with Crippen LogP contribution in [0.25, 0.3) is 22.5 Å². The van der Waals surface area contributed by atoms with Crippen LogP contribution >= 0.6 is 15.9 Å². The molecule has 7 heteroatoms. The summed E-state index contributed by atoms with van der Waals surface area (Å²) in [5.74, 6) is 1.51. The number of amides is 1. The maximum Gasteiger partial charge on any atom is 0.228 e. The van der Waals surface area contributed by atoms with Crippen molar-refractivity contribution in [2.24, 2.45) is 0 Å². The summed E-state index contributed by atoms with van der Waals surface area (Å²) in [4.78, 5) is 17.7. The second-order valence-electron chi connectivity index (χ2n) is 10.5. The van der Waals surface area contributed by atoms with Crippen molar-refractivity contribution < 1.29 is 4.79 Å². The number of nitrogens with zero attached hydrogens (tertiary/aromatic N) is 3. The number of fused-ring (bicyclic) bond motifs is 1. The highest BCUT2D eigenvalue weighted by Crippen LogP contribution is 2.40. The summed E-state index contributed by atoms with van der Waals surface area (Å²) < 4.78 is 2.65. The van der Waals surface area contributed by atoms with Gasteiger partial charge in [-0.1, -0.05) is 66.7 Å². The molecule has 1 amide bonds. The third kappa shape index (κ3) is 5.29. The largest absolute Gasteiger partial charge is 0.366 e. The molecule has 5 aromatic rings. The monoisotopic (exact) mass is 589 g/mol. The second-order valence-corrected chi connectivity index (χ2v) is 11.4. The van der Waals surface area contributed by atoms with Crippen LogP contribution in [0.4, 0.5) is 11.5 Å². The number of halogens is 1. The summed E-state index contributed by atoms with van der Waals surface area (Å²) in [5, 5.41) is 11.2. The summed E-state index contributed by atoms with van der Waals surface area (Å²) in [5.41, 5.74) is 9.59. The lowest BCUT2D eigenvalue weighted by atomic mass is 10.0. The first-order valence-corrected chi connectivity index (χ1v) is 14.4. The number of allylic oxidation sites excluding steroid dienone is 2. The molecule has 1 saturated carbocycles. The van der Waals surface area contributed by atoms with Crippen molar-refractivity contribution in [3.8, 4) is 11.3 Å². The Hall–Kier alpha value is -4.23. The van der Waals surface area contributed by atoms with Crippen LogP contribution in [0.1, 0.15) is 47.4 Å². The van der Waals surface area contributed by atoms with Gasteiger partial charge in [0, 0.05) is 23.9 Å². The fourth-order valence-corrected chi connectivity index (χ4v) is 5.52. The third-order valence-electron chi connectivity index (χ3n) is 7.43. The zero-order chi connectivity index (χ0) is 27.1. The standard InChI is InChI=1S/C33H28BrN5O/c34-29-20-36-39-31(18-30(38-33(29)39)28-10-2-1-9-27(28)24-13-14-24)35-19-22-6-4-8-26(16-22)37-32(40)17-21-5-3-7-25(15-21)23-11-12-23/h1-10,13,15-16,18,20,23,35H,11-12,14,17,19H2,(H,37,40). The van der Waals surface area contributed by atoms with E-state index in [4.69, 9.17) is 4.98 Å². The summed E-state index contributed by atoms with van der Waals surface area (Å²) in [6.45, 7) is 0.565. The van der Waals surface area contributed by atoms with Crippen LogP contribution in [0, 0.1) is 0 Å². The first kappa shape index (κ1) is 24.8. The van der Waals surface area contributed by atoms with Gasteiger partial charge in [-0.05, 0) is 81.1 Å². The Labute approximate surface area is 241 Å². The lowest BCUT2D eigenvalue weighted by molar-refractivity contribution is -0.115. The first-order valence-electron chi connectivity index (χ1n) is 13.7. The van der Waals surface area contributed by atoms with Crippen LogP contribution in [0.3, 0.4) is 0 Å². The summed E-state index contributed by atoms with van der Waals surface area (Å²) >= 11 is 3.61.